The minimum Gasteiger partial charge on any atom is -0.377 e. The summed E-state index contributed by atoms with van der Waals surface area (Å²) < 4.78 is 8.07. The molecule has 0 aliphatic carbocycles. The average molecular weight is 303 g/mol. The Hall–Kier alpha value is -0.810. The Kier molecular flexibility index (Phi) is 4.77. The van der Waals surface area contributed by atoms with Crippen LogP contribution in [-0.4, -0.2) is 29.7 Å². The number of ether oxygens (including phenoxy) is 1. The summed E-state index contributed by atoms with van der Waals surface area (Å²) in [7, 11) is 1.64. The van der Waals surface area contributed by atoms with Crippen LogP contribution < -0.4 is 5.32 Å². The van der Waals surface area contributed by atoms with Gasteiger partial charge in [-0.25, -0.2) is 0 Å². The number of aromatic nitrogens is 1. The molecule has 1 heterocycles. The summed E-state index contributed by atoms with van der Waals surface area (Å²) in [6.45, 7) is 7.11. The molecule has 1 aromatic rings. The van der Waals surface area contributed by atoms with E-state index in [1.54, 1.807) is 7.11 Å². The third-order valence-corrected chi connectivity index (χ3v) is 3.10. The van der Waals surface area contributed by atoms with Crippen LogP contribution in [0.5, 0.6) is 0 Å². The Bertz CT molecular complexity index is 399. The van der Waals surface area contributed by atoms with Gasteiger partial charge in [0, 0.05) is 30.9 Å². The number of carbonyl (C=O) groups excluding carboxylic acids is 1. The van der Waals surface area contributed by atoms with Crippen molar-refractivity contribution in [1.29, 1.82) is 0 Å². The number of methoxy groups -OCH3 is 1. The molecule has 1 aromatic heterocycles. The van der Waals surface area contributed by atoms with Crippen molar-refractivity contribution in [3.05, 3.63) is 22.4 Å². The van der Waals surface area contributed by atoms with Gasteiger partial charge in [-0.15, -0.1) is 0 Å². The number of hydrogen-bond donors (Lipinski definition) is 1. The summed E-state index contributed by atoms with van der Waals surface area (Å²) in [6, 6.07) is 1.82. The highest BCUT2D eigenvalue weighted by Crippen LogP contribution is 2.15. The van der Waals surface area contributed by atoms with Crippen LogP contribution in [0.25, 0.3) is 0 Å². The lowest BCUT2D eigenvalue weighted by atomic mass is 10.1. The van der Waals surface area contributed by atoms with Crippen LogP contribution in [0.4, 0.5) is 0 Å². The van der Waals surface area contributed by atoms with Crippen molar-refractivity contribution in [3.63, 3.8) is 0 Å². The number of aryl methyl sites for hydroxylation is 1. The first kappa shape index (κ1) is 14.3. The molecular weight excluding hydrogens is 284 g/mol. The number of carbonyl (C=O) groups is 1. The lowest BCUT2D eigenvalue weighted by Gasteiger charge is -2.23. The second-order valence-electron chi connectivity index (χ2n) is 4.48. The Morgan fingerprint density at radius 3 is 2.76 bits per heavy atom. The topological polar surface area (TPSA) is 43.3 Å². The van der Waals surface area contributed by atoms with E-state index >= 15 is 0 Å². The molecule has 0 aliphatic heterocycles. The molecule has 0 fully saturated rings. The molecule has 0 radical (unpaired) electrons. The monoisotopic (exact) mass is 302 g/mol. The van der Waals surface area contributed by atoms with Gasteiger partial charge in [0.1, 0.15) is 5.69 Å². The molecule has 17 heavy (non-hydrogen) atoms. The van der Waals surface area contributed by atoms with Crippen molar-refractivity contribution in [2.24, 2.45) is 0 Å². The molecule has 96 valence electrons. The predicted molar refractivity (Wildman–Crippen MR) is 71.2 cm³/mol. The molecule has 4 nitrogen and oxygen atoms in total. The normalized spacial score (nSPS) is 11.6. The van der Waals surface area contributed by atoms with Gasteiger partial charge in [0.15, 0.2) is 0 Å². The van der Waals surface area contributed by atoms with Crippen LogP contribution in [0.1, 0.15) is 31.3 Å². The highest BCUT2D eigenvalue weighted by Gasteiger charge is 2.19. The van der Waals surface area contributed by atoms with Gasteiger partial charge in [0.2, 0.25) is 0 Å². The van der Waals surface area contributed by atoms with Gasteiger partial charge in [0.25, 0.3) is 5.91 Å². The summed E-state index contributed by atoms with van der Waals surface area (Å²) in [5, 5.41) is 2.87. The lowest BCUT2D eigenvalue weighted by Crippen LogP contribution is -2.40. The van der Waals surface area contributed by atoms with Crippen LogP contribution in [0.15, 0.2) is 16.7 Å². The number of amides is 1. The Balaban J connectivity index is 2.70. The maximum absolute atomic E-state index is 12.0. The van der Waals surface area contributed by atoms with Crippen LogP contribution in [0.2, 0.25) is 0 Å². The minimum absolute atomic E-state index is 0.0809. The lowest BCUT2D eigenvalue weighted by molar-refractivity contribution is 0.0227. The quantitative estimate of drug-likeness (QED) is 0.908. The summed E-state index contributed by atoms with van der Waals surface area (Å²) in [6.07, 6.45) is 1.90. The summed E-state index contributed by atoms with van der Waals surface area (Å²) in [5.41, 5.74) is 0.308. The first-order chi connectivity index (χ1) is 7.89. The fourth-order valence-electron chi connectivity index (χ4n) is 1.38. The van der Waals surface area contributed by atoms with E-state index in [1.165, 1.54) is 0 Å². The van der Waals surface area contributed by atoms with E-state index in [0.29, 0.717) is 12.2 Å². The molecular formula is C12H19BrN2O2. The molecule has 0 saturated carbocycles. The van der Waals surface area contributed by atoms with Gasteiger partial charge in [-0.05, 0) is 42.8 Å². The van der Waals surface area contributed by atoms with Gasteiger partial charge < -0.3 is 14.6 Å². The second-order valence-corrected chi connectivity index (χ2v) is 5.39. The van der Waals surface area contributed by atoms with E-state index in [-0.39, 0.29) is 11.5 Å². The summed E-state index contributed by atoms with van der Waals surface area (Å²) in [4.78, 5) is 12.0. The average Bonchev–Trinajstić information content (AvgIpc) is 2.67. The largest absolute Gasteiger partial charge is 0.377 e. The standard InChI is InChI=1S/C12H19BrN2O2/c1-5-15-7-9(13)6-10(15)11(16)14-8-12(2,3)17-4/h6-7H,5,8H2,1-4H3,(H,14,16). The van der Waals surface area contributed by atoms with Gasteiger partial charge in [0.05, 0.1) is 5.60 Å². The second kappa shape index (κ2) is 5.69. The van der Waals surface area contributed by atoms with Gasteiger partial charge in [-0.1, -0.05) is 0 Å². The molecule has 0 bridgehead atoms. The molecule has 1 amide bonds. The Morgan fingerprint density at radius 1 is 1.59 bits per heavy atom. The molecule has 0 saturated heterocycles. The van der Waals surface area contributed by atoms with Crippen LogP contribution in [0.3, 0.4) is 0 Å². The molecule has 0 atom stereocenters. The van der Waals surface area contributed by atoms with E-state index < -0.39 is 0 Å². The molecule has 0 unspecified atom stereocenters. The van der Waals surface area contributed by atoms with E-state index in [2.05, 4.69) is 21.2 Å². The highest BCUT2D eigenvalue weighted by atomic mass is 79.9. The Morgan fingerprint density at radius 2 is 2.24 bits per heavy atom. The zero-order chi connectivity index (χ0) is 13.1. The van der Waals surface area contributed by atoms with Crippen molar-refractivity contribution in [2.45, 2.75) is 32.9 Å². The zero-order valence-electron chi connectivity index (χ0n) is 10.7. The zero-order valence-corrected chi connectivity index (χ0v) is 12.3. The summed E-state index contributed by atoms with van der Waals surface area (Å²) in [5.74, 6) is -0.0809. The molecule has 1 N–H and O–H groups in total. The van der Waals surface area contributed by atoms with Crippen molar-refractivity contribution < 1.29 is 9.53 Å². The van der Waals surface area contributed by atoms with Crippen molar-refractivity contribution >= 4 is 21.8 Å². The van der Waals surface area contributed by atoms with Crippen molar-refractivity contribution in [1.82, 2.24) is 9.88 Å². The van der Waals surface area contributed by atoms with Crippen molar-refractivity contribution in [3.8, 4) is 0 Å². The van der Waals surface area contributed by atoms with Crippen LogP contribution in [0, 0.1) is 0 Å². The predicted octanol–water partition coefficient (Wildman–Crippen LogP) is 2.43. The highest BCUT2D eigenvalue weighted by molar-refractivity contribution is 9.10. The number of hydrogen-bond acceptors (Lipinski definition) is 2. The molecule has 0 spiro atoms. The van der Waals surface area contributed by atoms with E-state index in [4.69, 9.17) is 4.74 Å². The fraction of sp³-hybridized carbons (Fsp3) is 0.583. The van der Waals surface area contributed by atoms with Gasteiger partial charge in [-0.3, -0.25) is 4.79 Å². The van der Waals surface area contributed by atoms with Crippen LogP contribution in [-0.2, 0) is 11.3 Å². The SMILES string of the molecule is CCn1cc(Br)cc1C(=O)NCC(C)(C)OC. The number of nitrogens with one attached hydrogen (secondary N) is 1. The van der Waals surface area contributed by atoms with Crippen LogP contribution >= 0.6 is 15.9 Å². The molecule has 1 rings (SSSR count). The Labute approximate surface area is 110 Å². The van der Waals surface area contributed by atoms with E-state index in [1.807, 2.05) is 37.6 Å². The van der Waals surface area contributed by atoms with E-state index in [9.17, 15) is 4.79 Å². The first-order valence-electron chi connectivity index (χ1n) is 5.58. The maximum Gasteiger partial charge on any atom is 0.268 e. The smallest absolute Gasteiger partial charge is 0.268 e. The number of halogens is 1. The van der Waals surface area contributed by atoms with Gasteiger partial charge >= 0.3 is 0 Å². The van der Waals surface area contributed by atoms with E-state index in [0.717, 1.165) is 11.0 Å². The third kappa shape index (κ3) is 3.85. The van der Waals surface area contributed by atoms with Crippen molar-refractivity contribution in [2.75, 3.05) is 13.7 Å². The molecule has 5 heteroatoms. The number of rotatable bonds is 5. The molecule has 0 aromatic carbocycles. The molecule has 0 aliphatic rings. The third-order valence-electron chi connectivity index (χ3n) is 2.66. The van der Waals surface area contributed by atoms with Gasteiger partial charge in [-0.2, -0.15) is 0 Å². The fourth-order valence-corrected chi connectivity index (χ4v) is 1.85. The maximum atomic E-state index is 12.0. The minimum atomic E-state index is -0.351. The summed E-state index contributed by atoms with van der Waals surface area (Å²) >= 11 is 3.37. The first-order valence-corrected chi connectivity index (χ1v) is 6.38. The number of nitrogens with zero attached hydrogens (tertiary/aromatic N) is 1.